The van der Waals surface area contributed by atoms with Crippen LogP contribution in [0, 0.1) is 0 Å². The Hall–Kier alpha value is -2.67. The lowest BCUT2D eigenvalue weighted by Crippen LogP contribution is -2.39. The van der Waals surface area contributed by atoms with Crippen molar-refractivity contribution in [2.45, 2.75) is 18.8 Å². The first-order chi connectivity index (χ1) is 12.6. The maximum absolute atomic E-state index is 12.7. The number of piperidine rings is 1. The van der Waals surface area contributed by atoms with Gasteiger partial charge in [-0.05, 0) is 36.4 Å². The first-order valence-electron chi connectivity index (χ1n) is 8.68. The molecule has 4 rings (SSSR count). The fourth-order valence-electron chi connectivity index (χ4n) is 3.51. The molecule has 0 bridgehead atoms. The van der Waals surface area contributed by atoms with Gasteiger partial charge in [-0.1, -0.05) is 18.2 Å². The van der Waals surface area contributed by atoms with Crippen LogP contribution in [0.5, 0.6) is 0 Å². The molecule has 0 radical (unpaired) electrons. The molecule has 1 aromatic carbocycles. The van der Waals surface area contributed by atoms with Crippen LogP contribution in [-0.4, -0.2) is 38.2 Å². The van der Waals surface area contributed by atoms with E-state index in [1.807, 2.05) is 52.1 Å². The predicted molar refractivity (Wildman–Crippen MR) is 101 cm³/mol. The lowest BCUT2D eigenvalue weighted by atomic mass is 9.96. The van der Waals surface area contributed by atoms with E-state index in [2.05, 4.69) is 5.10 Å². The van der Waals surface area contributed by atoms with Crippen molar-refractivity contribution in [2.75, 3.05) is 13.1 Å². The molecule has 0 aliphatic carbocycles. The second-order valence-electron chi connectivity index (χ2n) is 6.54. The number of hydrogen-bond acceptors (Lipinski definition) is 4. The molecule has 26 heavy (non-hydrogen) atoms. The number of thiophene rings is 1. The SMILES string of the molecule is Cn1nc([C@H]2CCCN(C(=O)c3ccsc3)C2)n(-c2ccccc2)c1=O. The zero-order valence-corrected chi connectivity index (χ0v) is 15.4. The van der Waals surface area contributed by atoms with Crippen molar-refractivity contribution in [1.29, 1.82) is 0 Å². The fraction of sp³-hybridized carbons (Fsp3) is 0.316. The molecule has 134 valence electrons. The molecule has 1 saturated heterocycles. The van der Waals surface area contributed by atoms with Gasteiger partial charge < -0.3 is 4.90 Å². The number of para-hydroxylation sites is 1. The van der Waals surface area contributed by atoms with Crippen LogP contribution in [0.25, 0.3) is 5.69 Å². The molecular formula is C19H20N4O2S. The zero-order valence-electron chi connectivity index (χ0n) is 14.5. The number of likely N-dealkylation sites (tertiary alicyclic amines) is 1. The van der Waals surface area contributed by atoms with Crippen molar-refractivity contribution in [1.82, 2.24) is 19.2 Å². The Morgan fingerprint density at radius 3 is 2.77 bits per heavy atom. The number of hydrogen-bond donors (Lipinski definition) is 0. The minimum absolute atomic E-state index is 0.0421. The highest BCUT2D eigenvalue weighted by atomic mass is 32.1. The average molecular weight is 368 g/mol. The summed E-state index contributed by atoms with van der Waals surface area (Å²) in [5.41, 5.74) is 1.38. The molecule has 3 heterocycles. The van der Waals surface area contributed by atoms with Crippen LogP contribution < -0.4 is 5.69 Å². The second-order valence-corrected chi connectivity index (χ2v) is 7.32. The summed E-state index contributed by atoms with van der Waals surface area (Å²) in [6.07, 6.45) is 1.82. The summed E-state index contributed by atoms with van der Waals surface area (Å²) in [5, 5.41) is 8.30. The van der Waals surface area contributed by atoms with Crippen LogP contribution >= 0.6 is 11.3 Å². The normalized spacial score (nSPS) is 17.4. The first kappa shape index (κ1) is 16.8. The number of carbonyl (C=O) groups is 1. The third-order valence-corrected chi connectivity index (χ3v) is 5.49. The van der Waals surface area contributed by atoms with Gasteiger partial charge in [-0.3, -0.25) is 4.79 Å². The van der Waals surface area contributed by atoms with Crippen LogP contribution in [0.1, 0.15) is 34.9 Å². The molecule has 1 fully saturated rings. The van der Waals surface area contributed by atoms with E-state index in [1.54, 1.807) is 11.6 Å². The molecule has 1 atom stereocenters. The zero-order chi connectivity index (χ0) is 18.1. The second kappa shape index (κ2) is 6.92. The van der Waals surface area contributed by atoms with Crippen molar-refractivity contribution in [2.24, 2.45) is 7.05 Å². The third-order valence-electron chi connectivity index (χ3n) is 4.81. The van der Waals surface area contributed by atoms with Gasteiger partial charge in [-0.25, -0.2) is 14.0 Å². The highest BCUT2D eigenvalue weighted by molar-refractivity contribution is 7.08. The number of aryl methyl sites for hydroxylation is 1. The quantitative estimate of drug-likeness (QED) is 0.714. The predicted octanol–water partition coefficient (Wildman–Crippen LogP) is 2.65. The van der Waals surface area contributed by atoms with Gasteiger partial charge in [-0.2, -0.15) is 16.4 Å². The highest BCUT2D eigenvalue weighted by Gasteiger charge is 2.30. The lowest BCUT2D eigenvalue weighted by Gasteiger charge is -2.32. The van der Waals surface area contributed by atoms with Gasteiger partial charge in [-0.15, -0.1) is 0 Å². The van der Waals surface area contributed by atoms with Crippen molar-refractivity contribution in [3.05, 3.63) is 69.0 Å². The molecule has 7 heteroatoms. The maximum Gasteiger partial charge on any atom is 0.350 e. The number of carbonyl (C=O) groups excluding carboxylic acids is 1. The summed E-state index contributed by atoms with van der Waals surface area (Å²) in [7, 11) is 1.67. The summed E-state index contributed by atoms with van der Waals surface area (Å²) < 4.78 is 3.05. The number of amides is 1. The van der Waals surface area contributed by atoms with Gasteiger partial charge in [0.2, 0.25) is 0 Å². The van der Waals surface area contributed by atoms with E-state index in [0.29, 0.717) is 6.54 Å². The minimum atomic E-state index is -0.160. The van der Waals surface area contributed by atoms with Crippen molar-refractivity contribution < 1.29 is 4.79 Å². The summed E-state index contributed by atoms with van der Waals surface area (Å²) >= 11 is 1.53. The summed E-state index contributed by atoms with van der Waals surface area (Å²) in [6, 6.07) is 11.4. The monoisotopic (exact) mass is 368 g/mol. The van der Waals surface area contributed by atoms with E-state index >= 15 is 0 Å². The Morgan fingerprint density at radius 1 is 1.23 bits per heavy atom. The van der Waals surface area contributed by atoms with Crippen LogP contribution in [0.4, 0.5) is 0 Å². The molecule has 3 aromatic rings. The van der Waals surface area contributed by atoms with Gasteiger partial charge in [0.15, 0.2) is 0 Å². The van der Waals surface area contributed by atoms with E-state index < -0.39 is 0 Å². The molecule has 0 N–H and O–H groups in total. The van der Waals surface area contributed by atoms with E-state index in [-0.39, 0.29) is 17.5 Å². The Kier molecular flexibility index (Phi) is 4.46. The summed E-state index contributed by atoms with van der Waals surface area (Å²) in [6.45, 7) is 1.32. The molecule has 1 amide bonds. The largest absolute Gasteiger partial charge is 0.350 e. The van der Waals surface area contributed by atoms with E-state index in [4.69, 9.17) is 0 Å². The minimum Gasteiger partial charge on any atom is -0.338 e. The standard InChI is InChI=1S/C19H20N4O2S/c1-21-19(25)23(16-7-3-2-4-8-16)17(20-21)14-6-5-10-22(12-14)18(24)15-9-11-26-13-15/h2-4,7-9,11,13-14H,5-6,10,12H2,1H3/t14-/m0/s1. The van der Waals surface area contributed by atoms with Crippen molar-refractivity contribution >= 4 is 17.2 Å². The average Bonchev–Trinajstić information content (AvgIpc) is 3.31. The highest BCUT2D eigenvalue weighted by Crippen LogP contribution is 2.27. The third kappa shape index (κ3) is 2.99. The van der Waals surface area contributed by atoms with Crippen molar-refractivity contribution in [3.8, 4) is 5.69 Å². The number of nitrogens with zero attached hydrogens (tertiary/aromatic N) is 4. The van der Waals surface area contributed by atoms with Crippen molar-refractivity contribution in [3.63, 3.8) is 0 Å². The topological polar surface area (TPSA) is 60.1 Å². The van der Waals surface area contributed by atoms with Gasteiger partial charge in [0.1, 0.15) is 5.82 Å². The van der Waals surface area contributed by atoms with Gasteiger partial charge in [0, 0.05) is 31.4 Å². The number of rotatable bonds is 3. The molecular weight excluding hydrogens is 348 g/mol. The maximum atomic E-state index is 12.7. The van der Waals surface area contributed by atoms with Gasteiger partial charge in [0.05, 0.1) is 11.3 Å². The molecule has 6 nitrogen and oxygen atoms in total. The van der Waals surface area contributed by atoms with E-state index in [1.165, 1.54) is 16.0 Å². The summed E-state index contributed by atoms with van der Waals surface area (Å²) in [5.74, 6) is 0.826. The fourth-order valence-corrected chi connectivity index (χ4v) is 4.14. The van der Waals surface area contributed by atoms with Crippen LogP contribution in [0.3, 0.4) is 0 Å². The van der Waals surface area contributed by atoms with Gasteiger partial charge in [0.25, 0.3) is 5.91 Å². The first-order valence-corrected chi connectivity index (χ1v) is 9.62. The number of benzene rings is 1. The van der Waals surface area contributed by atoms with Crippen LogP contribution in [-0.2, 0) is 7.05 Å². The molecule has 0 unspecified atom stereocenters. The smallest absolute Gasteiger partial charge is 0.338 e. The Bertz CT molecular complexity index is 959. The molecule has 2 aromatic heterocycles. The van der Waals surface area contributed by atoms with Crippen LogP contribution in [0.2, 0.25) is 0 Å². The molecule has 1 aliphatic heterocycles. The molecule has 1 aliphatic rings. The Balaban J connectivity index is 1.67. The van der Waals surface area contributed by atoms with Gasteiger partial charge >= 0.3 is 5.69 Å². The molecule has 0 spiro atoms. The Labute approximate surface area is 155 Å². The lowest BCUT2D eigenvalue weighted by molar-refractivity contribution is 0.0704. The Morgan fingerprint density at radius 2 is 2.04 bits per heavy atom. The van der Waals surface area contributed by atoms with E-state index in [0.717, 1.165) is 36.5 Å². The summed E-state index contributed by atoms with van der Waals surface area (Å²) in [4.78, 5) is 27.2. The molecule has 0 saturated carbocycles. The van der Waals surface area contributed by atoms with Crippen LogP contribution in [0.15, 0.2) is 52.0 Å². The number of aromatic nitrogens is 3. The van der Waals surface area contributed by atoms with E-state index in [9.17, 15) is 9.59 Å².